The Kier molecular flexibility index (Phi) is 14.7. The highest BCUT2D eigenvalue weighted by molar-refractivity contribution is 14.0. The molecule has 0 aliphatic carbocycles. The smallest absolute Gasteiger partial charge is 0.234 e. The van der Waals surface area contributed by atoms with E-state index >= 15 is 0 Å². The molecule has 2 rings (SSSR count). The van der Waals surface area contributed by atoms with Gasteiger partial charge in [0.1, 0.15) is 0 Å². The third-order valence-corrected chi connectivity index (χ3v) is 5.67. The average molecular weight is 537 g/mol. The lowest BCUT2D eigenvalue weighted by atomic mass is 10.1. The summed E-state index contributed by atoms with van der Waals surface area (Å²) in [7, 11) is 0. The molecule has 2 aliphatic rings. The Labute approximate surface area is 201 Å². The summed E-state index contributed by atoms with van der Waals surface area (Å²) in [6.45, 7) is 16.0. The number of rotatable bonds is 10. The Bertz CT molecular complexity index is 488. The molecule has 2 fully saturated rings. The number of likely N-dealkylation sites (tertiary alicyclic amines) is 1. The molecule has 0 spiro atoms. The number of piperazine rings is 1. The van der Waals surface area contributed by atoms with E-state index in [2.05, 4.69) is 32.3 Å². The van der Waals surface area contributed by atoms with Crippen LogP contribution in [0, 0.1) is 0 Å². The Morgan fingerprint density at radius 3 is 2.27 bits per heavy atom. The fraction of sp³-hybridized carbons (Fsp3) is 0.909. The molecule has 0 bridgehead atoms. The first kappa shape index (κ1) is 27.4. The second-order valence-corrected chi connectivity index (χ2v) is 8.68. The van der Waals surface area contributed by atoms with Crippen molar-refractivity contribution in [2.45, 2.75) is 65.3 Å². The molecule has 0 aromatic rings. The maximum atomic E-state index is 12.0. The Balaban J connectivity index is 0.00000450. The van der Waals surface area contributed by atoms with Crippen molar-refractivity contribution in [3.05, 3.63) is 0 Å². The second-order valence-electron chi connectivity index (χ2n) is 8.68. The first-order valence-corrected chi connectivity index (χ1v) is 11.9. The van der Waals surface area contributed by atoms with E-state index in [9.17, 15) is 4.79 Å². The molecule has 2 saturated heterocycles. The van der Waals surface area contributed by atoms with Crippen LogP contribution >= 0.6 is 24.0 Å². The van der Waals surface area contributed by atoms with E-state index in [4.69, 9.17) is 4.99 Å². The molecule has 176 valence electrons. The zero-order valence-electron chi connectivity index (χ0n) is 19.5. The van der Waals surface area contributed by atoms with E-state index in [1.165, 1.54) is 51.7 Å². The second kappa shape index (κ2) is 16.1. The largest absolute Gasteiger partial charge is 0.357 e. The van der Waals surface area contributed by atoms with Crippen LogP contribution in [0.15, 0.2) is 4.99 Å². The zero-order chi connectivity index (χ0) is 20.9. The van der Waals surface area contributed by atoms with Crippen molar-refractivity contribution in [1.29, 1.82) is 0 Å². The molecule has 0 aromatic carbocycles. The maximum Gasteiger partial charge on any atom is 0.234 e. The number of piperidine rings is 1. The van der Waals surface area contributed by atoms with Crippen LogP contribution in [0.25, 0.3) is 0 Å². The minimum absolute atomic E-state index is 0. The predicted octanol–water partition coefficient (Wildman–Crippen LogP) is 2.37. The summed E-state index contributed by atoms with van der Waals surface area (Å²) in [6, 6.07) is 0.205. The summed E-state index contributed by atoms with van der Waals surface area (Å²) < 4.78 is 0. The van der Waals surface area contributed by atoms with Gasteiger partial charge in [-0.3, -0.25) is 14.7 Å². The minimum atomic E-state index is 0. The van der Waals surface area contributed by atoms with Gasteiger partial charge in [0.05, 0.1) is 6.54 Å². The number of nitrogens with one attached hydrogen (secondary N) is 2. The molecule has 7 nitrogen and oxygen atoms in total. The predicted molar refractivity (Wildman–Crippen MR) is 137 cm³/mol. The summed E-state index contributed by atoms with van der Waals surface area (Å²) >= 11 is 0. The number of carbonyl (C=O) groups is 1. The SMILES string of the molecule is CCNC(=NCCCCCN1CCCCC1)N1CCN(CC(=O)NC(C)C)CC1.I. The molecule has 1 amide bonds. The summed E-state index contributed by atoms with van der Waals surface area (Å²) in [5.74, 6) is 1.16. The number of hydrogen-bond donors (Lipinski definition) is 2. The van der Waals surface area contributed by atoms with Crippen LogP contribution < -0.4 is 10.6 Å². The number of hydrogen-bond acceptors (Lipinski definition) is 4. The molecule has 2 aliphatic heterocycles. The summed E-state index contributed by atoms with van der Waals surface area (Å²) in [5.41, 5.74) is 0. The minimum Gasteiger partial charge on any atom is -0.357 e. The fourth-order valence-electron chi connectivity index (χ4n) is 4.11. The van der Waals surface area contributed by atoms with Gasteiger partial charge in [-0.05, 0) is 66.1 Å². The Hall–Kier alpha value is -0.610. The van der Waals surface area contributed by atoms with E-state index in [1.54, 1.807) is 0 Å². The first-order chi connectivity index (χ1) is 14.1. The molecular weight excluding hydrogens is 491 g/mol. The molecule has 0 saturated carbocycles. The van der Waals surface area contributed by atoms with Crippen LogP contribution in [0.4, 0.5) is 0 Å². The van der Waals surface area contributed by atoms with E-state index < -0.39 is 0 Å². The zero-order valence-corrected chi connectivity index (χ0v) is 21.8. The van der Waals surface area contributed by atoms with Gasteiger partial charge in [0, 0.05) is 45.3 Å². The van der Waals surface area contributed by atoms with E-state index in [-0.39, 0.29) is 35.9 Å². The molecule has 8 heteroatoms. The normalized spacial score (nSPS) is 18.9. The molecular formula is C22H45IN6O. The molecule has 2 heterocycles. The van der Waals surface area contributed by atoms with Crippen LogP contribution in [0.3, 0.4) is 0 Å². The van der Waals surface area contributed by atoms with Crippen LogP contribution in [-0.4, -0.2) is 98.1 Å². The van der Waals surface area contributed by atoms with E-state index in [1.807, 2.05) is 13.8 Å². The van der Waals surface area contributed by atoms with Gasteiger partial charge in [-0.15, -0.1) is 24.0 Å². The highest BCUT2D eigenvalue weighted by Gasteiger charge is 2.21. The maximum absolute atomic E-state index is 12.0. The number of carbonyl (C=O) groups excluding carboxylic acids is 1. The number of guanidine groups is 1. The number of nitrogens with zero attached hydrogens (tertiary/aromatic N) is 4. The average Bonchev–Trinajstić information content (AvgIpc) is 2.70. The standard InChI is InChI=1S/C22H44N6O.HI/c1-4-23-22(24-11-7-5-8-12-26-13-9-6-10-14-26)28-17-15-27(16-18-28)19-21(29)25-20(2)3;/h20H,4-19H2,1-3H3,(H,23,24)(H,25,29);1H. The molecule has 0 atom stereocenters. The molecule has 0 aromatic heterocycles. The topological polar surface area (TPSA) is 63.2 Å². The van der Waals surface area contributed by atoms with Crippen molar-refractivity contribution < 1.29 is 4.79 Å². The highest BCUT2D eigenvalue weighted by atomic mass is 127. The number of amides is 1. The Morgan fingerprint density at radius 1 is 0.933 bits per heavy atom. The van der Waals surface area contributed by atoms with Gasteiger partial charge < -0.3 is 20.4 Å². The van der Waals surface area contributed by atoms with Crippen molar-refractivity contribution in [3.8, 4) is 0 Å². The van der Waals surface area contributed by atoms with Crippen LogP contribution in [0.1, 0.15) is 59.3 Å². The van der Waals surface area contributed by atoms with Crippen molar-refractivity contribution in [2.75, 3.05) is 65.4 Å². The van der Waals surface area contributed by atoms with E-state index in [0.29, 0.717) is 6.54 Å². The van der Waals surface area contributed by atoms with Gasteiger partial charge in [0.25, 0.3) is 0 Å². The third kappa shape index (κ3) is 11.1. The highest BCUT2D eigenvalue weighted by Crippen LogP contribution is 2.10. The quantitative estimate of drug-likeness (QED) is 0.194. The summed E-state index contributed by atoms with van der Waals surface area (Å²) in [5, 5.41) is 6.42. The van der Waals surface area contributed by atoms with E-state index in [0.717, 1.165) is 51.6 Å². The van der Waals surface area contributed by atoms with Gasteiger partial charge in [-0.25, -0.2) is 0 Å². The van der Waals surface area contributed by atoms with Gasteiger partial charge in [0.15, 0.2) is 5.96 Å². The molecule has 0 radical (unpaired) electrons. The number of unbranched alkanes of at least 4 members (excludes halogenated alkanes) is 2. The van der Waals surface area contributed by atoms with Crippen molar-refractivity contribution in [2.24, 2.45) is 4.99 Å². The van der Waals surface area contributed by atoms with Crippen LogP contribution in [0.2, 0.25) is 0 Å². The van der Waals surface area contributed by atoms with Crippen LogP contribution in [-0.2, 0) is 4.79 Å². The van der Waals surface area contributed by atoms with Crippen molar-refractivity contribution in [3.63, 3.8) is 0 Å². The van der Waals surface area contributed by atoms with Crippen molar-refractivity contribution >= 4 is 35.8 Å². The fourth-order valence-corrected chi connectivity index (χ4v) is 4.11. The Morgan fingerprint density at radius 2 is 1.63 bits per heavy atom. The molecule has 2 N–H and O–H groups in total. The number of aliphatic imine (C=N–C) groups is 1. The molecule has 0 unspecified atom stereocenters. The number of halogens is 1. The lowest BCUT2D eigenvalue weighted by Gasteiger charge is -2.36. The van der Waals surface area contributed by atoms with Crippen LogP contribution in [0.5, 0.6) is 0 Å². The van der Waals surface area contributed by atoms with Gasteiger partial charge in [0.2, 0.25) is 5.91 Å². The third-order valence-electron chi connectivity index (χ3n) is 5.67. The van der Waals surface area contributed by atoms with Crippen molar-refractivity contribution in [1.82, 2.24) is 25.3 Å². The summed E-state index contributed by atoms with van der Waals surface area (Å²) in [6.07, 6.45) is 7.90. The summed E-state index contributed by atoms with van der Waals surface area (Å²) in [4.78, 5) is 24.0. The monoisotopic (exact) mass is 536 g/mol. The molecule has 30 heavy (non-hydrogen) atoms. The van der Waals surface area contributed by atoms with Gasteiger partial charge >= 0.3 is 0 Å². The lowest BCUT2D eigenvalue weighted by molar-refractivity contribution is -0.123. The lowest BCUT2D eigenvalue weighted by Crippen LogP contribution is -2.54. The first-order valence-electron chi connectivity index (χ1n) is 11.9. The van der Waals surface area contributed by atoms with Gasteiger partial charge in [-0.1, -0.05) is 12.8 Å². The van der Waals surface area contributed by atoms with Gasteiger partial charge in [-0.2, -0.15) is 0 Å².